The van der Waals surface area contributed by atoms with Crippen LogP contribution in [0.4, 0.5) is 0 Å². The fourth-order valence-electron chi connectivity index (χ4n) is 14.6. The number of rotatable bonds is 8. The molecule has 8 saturated carbocycles. The molecule has 51 heavy (non-hydrogen) atoms. The Hall–Kier alpha value is 0.216. The van der Waals surface area contributed by atoms with E-state index in [9.17, 15) is 0 Å². The van der Waals surface area contributed by atoms with Crippen molar-refractivity contribution in [1.29, 1.82) is 0 Å². The van der Waals surface area contributed by atoms with E-state index in [-0.39, 0.29) is 30.1 Å². The first-order valence-electron chi connectivity index (χ1n) is 21.7. The molecule has 0 amide bonds. The Morgan fingerprint density at radius 1 is 0.686 bits per heavy atom. The Kier molecular flexibility index (Phi) is 11.7. The number of piperidine rings is 2. The molecular formula is C45H70FeN2P2Si-6. The van der Waals surface area contributed by atoms with Crippen molar-refractivity contribution in [1.82, 2.24) is 10.6 Å². The Morgan fingerprint density at radius 2 is 1.10 bits per heavy atom. The third-order valence-electron chi connectivity index (χ3n) is 16.3. The molecule has 0 spiro atoms. The van der Waals surface area contributed by atoms with Gasteiger partial charge in [-0.25, -0.2) is 0 Å². The van der Waals surface area contributed by atoms with E-state index >= 15 is 0 Å². The summed E-state index contributed by atoms with van der Waals surface area (Å²) in [5, 5.41) is 9.78. The molecule has 6 heteroatoms. The molecule has 8 bridgehead atoms. The van der Waals surface area contributed by atoms with Gasteiger partial charge in [-0.2, -0.15) is 28.4 Å². The fourth-order valence-corrected chi connectivity index (χ4v) is 21.3. The summed E-state index contributed by atoms with van der Waals surface area (Å²) in [5.41, 5.74) is 5.92. The molecule has 10 fully saturated rings. The summed E-state index contributed by atoms with van der Waals surface area (Å²) >= 11 is 0. The maximum absolute atomic E-state index is 3.90. The van der Waals surface area contributed by atoms with Crippen molar-refractivity contribution < 1.29 is 17.1 Å². The molecule has 3 unspecified atom stereocenters. The first-order valence-corrected chi connectivity index (χ1v) is 27.4. The van der Waals surface area contributed by atoms with Gasteiger partial charge in [0, 0.05) is 25.1 Å². The van der Waals surface area contributed by atoms with Crippen LogP contribution in [0.3, 0.4) is 0 Å². The average Bonchev–Trinajstić information content (AvgIpc) is 3.83. The Bertz CT molecular complexity index is 1280. The van der Waals surface area contributed by atoms with Crippen molar-refractivity contribution >= 4 is 30.4 Å². The van der Waals surface area contributed by atoms with Gasteiger partial charge in [0.05, 0.1) is 0 Å². The van der Waals surface area contributed by atoms with Gasteiger partial charge >= 0.3 is 0 Å². The third-order valence-corrected chi connectivity index (χ3v) is 23.5. The monoisotopic (exact) mass is 784 g/mol. The van der Waals surface area contributed by atoms with E-state index in [1.807, 2.05) is 41.5 Å². The first-order chi connectivity index (χ1) is 24.2. The van der Waals surface area contributed by atoms with Crippen molar-refractivity contribution in [2.45, 2.75) is 132 Å². The van der Waals surface area contributed by atoms with E-state index < -0.39 is 8.07 Å². The van der Waals surface area contributed by atoms with Crippen LogP contribution >= 0.6 is 17.2 Å². The minimum atomic E-state index is -1.44. The second-order valence-corrected chi connectivity index (χ2v) is 29.0. The predicted octanol–water partition coefficient (Wildman–Crippen LogP) is 10.1. The van der Waals surface area contributed by atoms with E-state index in [0.29, 0.717) is 0 Å². The van der Waals surface area contributed by atoms with Crippen LogP contribution in [-0.2, 0) is 28.4 Å². The van der Waals surface area contributed by atoms with Crippen LogP contribution in [0.5, 0.6) is 0 Å². The second-order valence-electron chi connectivity index (χ2n) is 20.4. The van der Waals surface area contributed by atoms with Crippen molar-refractivity contribution in [2.75, 3.05) is 26.2 Å². The molecule has 0 radical (unpaired) electrons. The molecule has 0 aromatic heterocycles. The van der Waals surface area contributed by atoms with Gasteiger partial charge in [-0.1, -0.05) is 25.8 Å². The molecule has 2 heterocycles. The average molecular weight is 785 g/mol. The van der Waals surface area contributed by atoms with Gasteiger partial charge in [-0.05, 0) is 192 Å². The minimum Gasteiger partial charge on any atom is -0.748 e. The summed E-state index contributed by atoms with van der Waals surface area (Å²) in [6.07, 6.45) is 23.1. The van der Waals surface area contributed by atoms with E-state index in [2.05, 4.69) is 51.6 Å². The van der Waals surface area contributed by atoms with Crippen molar-refractivity contribution in [2.24, 2.45) is 59.2 Å². The standard InChI is InChI=1S/C40H65N2P2Si.C5H5.Fe/c1-45(2,3)36-20-33(37(21-36)40(43,34-6-4-8-41-22-34)35-7-5-9-42-23-35)24-44(38-29-12-25-10-26(14-29)15-30(38)13-25)39-31-16-27-11-28(18-31)19-32(39)17-27;1-2-4-5-3-1;/h20-21,25-32,34-35,38-39,41-42H,4-19,22-24,43H2,1-3H3;1-5H;/q-1;-5;. The summed E-state index contributed by atoms with van der Waals surface area (Å²) in [6.45, 7) is 12.8. The molecule has 2 aliphatic heterocycles. The Morgan fingerprint density at radius 3 is 1.45 bits per heavy atom. The van der Waals surface area contributed by atoms with E-state index in [4.69, 9.17) is 0 Å². The van der Waals surface area contributed by atoms with E-state index in [1.54, 1.807) is 69.4 Å². The topological polar surface area (TPSA) is 24.1 Å². The molecule has 2 N–H and O–H groups in total. The molecule has 10 aliphatic rings. The van der Waals surface area contributed by atoms with Gasteiger partial charge in [0.1, 0.15) is 0 Å². The molecule has 2 nitrogen and oxygen atoms in total. The summed E-state index contributed by atoms with van der Waals surface area (Å²) in [6, 6.07) is 15.7. The van der Waals surface area contributed by atoms with Crippen LogP contribution in [0.2, 0.25) is 19.6 Å². The van der Waals surface area contributed by atoms with Crippen molar-refractivity contribution in [3.8, 4) is 0 Å². The van der Waals surface area contributed by atoms with Gasteiger partial charge in [0.25, 0.3) is 0 Å². The largest absolute Gasteiger partial charge is 0.748 e. The summed E-state index contributed by atoms with van der Waals surface area (Å²) in [5.74, 6) is 10.2. The van der Waals surface area contributed by atoms with Gasteiger partial charge in [-0.3, -0.25) is 0 Å². The Labute approximate surface area is 327 Å². The second kappa shape index (κ2) is 15.6. The zero-order valence-electron chi connectivity index (χ0n) is 32.3. The molecule has 8 aliphatic carbocycles. The third kappa shape index (κ3) is 7.45. The van der Waals surface area contributed by atoms with E-state index in [0.717, 1.165) is 70.5 Å². The van der Waals surface area contributed by atoms with E-state index in [1.165, 1.54) is 58.0 Å². The summed E-state index contributed by atoms with van der Waals surface area (Å²) in [7, 11) is 2.26. The minimum absolute atomic E-state index is 0. The van der Waals surface area contributed by atoms with Crippen LogP contribution in [0, 0.1) is 59.2 Å². The number of hydrogen-bond acceptors (Lipinski definition) is 2. The van der Waals surface area contributed by atoms with Gasteiger partial charge < -0.3 is 41.0 Å². The molecule has 2 saturated heterocycles. The number of nitrogens with one attached hydrogen (secondary N) is 2. The summed E-state index contributed by atoms with van der Waals surface area (Å²) < 4.78 is 0. The van der Waals surface area contributed by atoms with Crippen molar-refractivity contribution in [3.63, 3.8) is 0 Å². The van der Waals surface area contributed by atoms with Crippen LogP contribution in [0.15, 0.2) is 42.5 Å². The normalized spacial score (nSPS) is 41.3. The molecule has 288 valence electrons. The molecule has 2 aromatic carbocycles. The SMILES string of the molecule is C[Si](C)(C)[c-]1cc(CP(C2C3CC4CC(C3)CC2C4)C2C3CC4CC(C3)CC2C4)c(C(P)(C2CCCNC2)C2CCCNC2)c1.[Fe].[cH-]1[cH-][cH-][cH-][cH-]1. The maximum Gasteiger partial charge on any atom is 0.0147 e. The molecule has 12 rings (SSSR count). The number of hydrogen-bond donors (Lipinski definition) is 2. The van der Waals surface area contributed by atoms with Gasteiger partial charge in [0.15, 0.2) is 0 Å². The first kappa shape index (κ1) is 38.1. The maximum atomic E-state index is 3.90. The van der Waals surface area contributed by atoms with Gasteiger partial charge in [-0.15, -0.1) is 17.2 Å². The van der Waals surface area contributed by atoms with Crippen LogP contribution < -0.4 is 15.8 Å². The van der Waals surface area contributed by atoms with Crippen LogP contribution in [0.1, 0.15) is 101 Å². The smallest absolute Gasteiger partial charge is 0.0147 e. The fraction of sp³-hybridized carbons (Fsp3) is 0.778. The predicted molar refractivity (Wildman–Crippen MR) is 222 cm³/mol. The molecule has 2 aromatic rings. The van der Waals surface area contributed by atoms with Gasteiger partial charge in [0.2, 0.25) is 0 Å². The summed E-state index contributed by atoms with van der Waals surface area (Å²) in [4.78, 5) is 0. The quantitative estimate of drug-likeness (QED) is 0.158. The van der Waals surface area contributed by atoms with Crippen LogP contribution in [0.25, 0.3) is 0 Å². The molecule has 3 atom stereocenters. The zero-order valence-corrected chi connectivity index (χ0v) is 36.4. The van der Waals surface area contributed by atoms with Crippen LogP contribution in [-0.4, -0.2) is 45.6 Å². The zero-order chi connectivity index (χ0) is 34.0. The van der Waals surface area contributed by atoms with Crippen molar-refractivity contribution in [3.05, 3.63) is 53.6 Å². The Balaban J connectivity index is 0.000000576. The molecular weight excluding hydrogens is 714 g/mol.